The summed E-state index contributed by atoms with van der Waals surface area (Å²) in [6, 6.07) is 10.9. The Morgan fingerprint density at radius 2 is 2.19 bits per heavy atom. The van der Waals surface area contributed by atoms with E-state index in [0.717, 1.165) is 36.4 Å². The van der Waals surface area contributed by atoms with Crippen molar-refractivity contribution in [2.24, 2.45) is 0 Å². The van der Waals surface area contributed by atoms with E-state index in [0.29, 0.717) is 0 Å². The molecule has 0 radical (unpaired) electrons. The number of hydrogen-bond donors (Lipinski definition) is 1. The third-order valence-electron chi connectivity index (χ3n) is 4.26. The van der Waals surface area contributed by atoms with Crippen LogP contribution in [-0.4, -0.2) is 21.1 Å². The minimum Gasteiger partial charge on any atom is -0.327 e. The fraction of sp³-hybridized carbons (Fsp3) is 0.294. The van der Waals surface area contributed by atoms with Gasteiger partial charge in [0.1, 0.15) is 11.3 Å². The van der Waals surface area contributed by atoms with Crippen molar-refractivity contribution >= 4 is 11.0 Å². The van der Waals surface area contributed by atoms with Crippen LogP contribution in [0.5, 0.6) is 0 Å². The Morgan fingerprint density at radius 1 is 1.29 bits per heavy atom. The van der Waals surface area contributed by atoms with Crippen molar-refractivity contribution < 1.29 is 0 Å². The summed E-state index contributed by atoms with van der Waals surface area (Å²) in [4.78, 5) is 9.04. The van der Waals surface area contributed by atoms with Crippen LogP contribution in [0.25, 0.3) is 11.0 Å². The first-order valence-electron chi connectivity index (χ1n) is 7.50. The van der Waals surface area contributed by atoms with Gasteiger partial charge >= 0.3 is 0 Å². The lowest BCUT2D eigenvalue weighted by molar-refractivity contribution is 0.522. The maximum Gasteiger partial charge on any atom is 0.131 e. The molecular weight excluding hydrogens is 260 g/mol. The molecule has 4 heteroatoms. The van der Waals surface area contributed by atoms with Crippen molar-refractivity contribution in [3.8, 4) is 0 Å². The number of rotatable bonds is 2. The van der Waals surface area contributed by atoms with Crippen LogP contribution in [-0.2, 0) is 13.0 Å². The number of nitrogens with zero attached hydrogens (tertiary/aromatic N) is 3. The van der Waals surface area contributed by atoms with Gasteiger partial charge in [-0.3, -0.25) is 4.98 Å². The lowest BCUT2D eigenvalue weighted by Gasteiger charge is -2.27. The molecule has 1 aliphatic rings. The van der Waals surface area contributed by atoms with Gasteiger partial charge in [-0.15, -0.1) is 0 Å². The van der Waals surface area contributed by atoms with Gasteiger partial charge in [0.15, 0.2) is 0 Å². The molecule has 3 heterocycles. The molecule has 1 aliphatic heterocycles. The minimum atomic E-state index is 0.169. The van der Waals surface area contributed by atoms with Crippen molar-refractivity contribution in [2.75, 3.05) is 6.54 Å². The summed E-state index contributed by atoms with van der Waals surface area (Å²) in [5.74, 6) is 1.09. The molecule has 0 amide bonds. The third kappa shape index (κ3) is 1.94. The first-order valence-corrected chi connectivity index (χ1v) is 7.50. The fourth-order valence-electron chi connectivity index (χ4n) is 3.29. The van der Waals surface area contributed by atoms with Crippen LogP contribution >= 0.6 is 0 Å². The topological polar surface area (TPSA) is 42.7 Å². The molecule has 0 saturated heterocycles. The Labute approximate surface area is 123 Å². The van der Waals surface area contributed by atoms with Gasteiger partial charge in [0.05, 0.1) is 17.8 Å². The van der Waals surface area contributed by atoms with E-state index in [1.165, 1.54) is 11.1 Å². The van der Waals surface area contributed by atoms with Crippen molar-refractivity contribution in [2.45, 2.75) is 25.9 Å². The van der Waals surface area contributed by atoms with Crippen LogP contribution in [0.2, 0.25) is 0 Å². The number of imidazole rings is 1. The second-order valence-electron chi connectivity index (χ2n) is 5.41. The van der Waals surface area contributed by atoms with Gasteiger partial charge in [-0.2, -0.15) is 0 Å². The highest BCUT2D eigenvalue weighted by atomic mass is 15.1. The molecule has 3 aromatic rings. The van der Waals surface area contributed by atoms with Gasteiger partial charge in [-0.25, -0.2) is 4.98 Å². The molecule has 1 atom stereocenters. The number of nitrogens with one attached hydrogen (secondary N) is 1. The van der Waals surface area contributed by atoms with Crippen molar-refractivity contribution in [1.82, 2.24) is 19.9 Å². The van der Waals surface area contributed by atoms with Gasteiger partial charge in [-0.05, 0) is 30.5 Å². The van der Waals surface area contributed by atoms with Crippen molar-refractivity contribution in [3.05, 3.63) is 59.7 Å². The number of fused-ring (bicyclic) bond motifs is 2. The van der Waals surface area contributed by atoms with Gasteiger partial charge < -0.3 is 9.88 Å². The predicted octanol–water partition coefficient (Wildman–Crippen LogP) is 2.69. The van der Waals surface area contributed by atoms with Crippen LogP contribution in [0.15, 0.2) is 42.7 Å². The third-order valence-corrected chi connectivity index (χ3v) is 4.26. The van der Waals surface area contributed by atoms with E-state index >= 15 is 0 Å². The summed E-state index contributed by atoms with van der Waals surface area (Å²) in [6.07, 6.45) is 4.77. The van der Waals surface area contributed by atoms with Crippen LogP contribution in [0, 0.1) is 0 Å². The molecule has 1 N–H and O–H groups in total. The van der Waals surface area contributed by atoms with Gasteiger partial charge in [0.2, 0.25) is 0 Å². The normalized spacial score (nSPS) is 17.9. The molecule has 0 bridgehead atoms. The van der Waals surface area contributed by atoms with E-state index < -0.39 is 0 Å². The number of aryl methyl sites for hydroxylation is 1. The molecule has 1 aromatic carbocycles. The standard InChI is InChI=1S/C17H18N4/c1-2-21-15-8-9-18-11-14(15)20-17(21)16-13-6-4-3-5-12(13)7-10-19-16/h3-6,8-9,11,16,19H,2,7,10H2,1H3. The Balaban J connectivity index is 1.91. The zero-order valence-electron chi connectivity index (χ0n) is 12.1. The minimum absolute atomic E-state index is 0.169. The molecule has 0 saturated carbocycles. The maximum absolute atomic E-state index is 4.84. The van der Waals surface area contributed by atoms with E-state index in [-0.39, 0.29) is 6.04 Å². The SMILES string of the molecule is CCn1c(C2NCCc3ccccc32)nc2cnccc21. The monoisotopic (exact) mass is 278 g/mol. The molecule has 0 fully saturated rings. The highest BCUT2D eigenvalue weighted by molar-refractivity contribution is 5.75. The molecule has 1 unspecified atom stereocenters. The second-order valence-corrected chi connectivity index (χ2v) is 5.41. The Kier molecular flexibility index (Phi) is 2.97. The number of aromatic nitrogens is 3. The van der Waals surface area contributed by atoms with E-state index in [1.807, 2.05) is 18.5 Å². The second kappa shape index (κ2) is 4.97. The van der Waals surface area contributed by atoms with E-state index in [2.05, 4.69) is 46.1 Å². The highest BCUT2D eigenvalue weighted by Gasteiger charge is 2.25. The fourth-order valence-corrected chi connectivity index (χ4v) is 3.29. The summed E-state index contributed by atoms with van der Waals surface area (Å²) in [6.45, 7) is 4.07. The van der Waals surface area contributed by atoms with Gasteiger partial charge in [0, 0.05) is 19.3 Å². The Bertz CT molecular complexity index is 790. The van der Waals surface area contributed by atoms with Gasteiger partial charge in [0.25, 0.3) is 0 Å². The largest absolute Gasteiger partial charge is 0.327 e. The van der Waals surface area contributed by atoms with E-state index in [4.69, 9.17) is 4.98 Å². The Morgan fingerprint density at radius 3 is 3.10 bits per heavy atom. The first-order chi connectivity index (χ1) is 10.4. The average molecular weight is 278 g/mol. The van der Waals surface area contributed by atoms with E-state index in [1.54, 1.807) is 0 Å². The van der Waals surface area contributed by atoms with Gasteiger partial charge in [-0.1, -0.05) is 24.3 Å². The Hall–Kier alpha value is -2.20. The lowest BCUT2D eigenvalue weighted by Crippen LogP contribution is -2.32. The lowest BCUT2D eigenvalue weighted by atomic mass is 9.94. The summed E-state index contributed by atoms with van der Waals surface area (Å²) in [5, 5.41) is 3.62. The van der Waals surface area contributed by atoms with Crippen LogP contribution in [0.4, 0.5) is 0 Å². The van der Waals surface area contributed by atoms with Crippen LogP contribution in [0.3, 0.4) is 0 Å². The van der Waals surface area contributed by atoms with Crippen LogP contribution in [0.1, 0.15) is 29.9 Å². The molecule has 4 nitrogen and oxygen atoms in total. The molecule has 21 heavy (non-hydrogen) atoms. The van der Waals surface area contributed by atoms with E-state index in [9.17, 15) is 0 Å². The molecule has 106 valence electrons. The number of hydrogen-bond acceptors (Lipinski definition) is 3. The van der Waals surface area contributed by atoms with Crippen LogP contribution < -0.4 is 5.32 Å². The smallest absolute Gasteiger partial charge is 0.131 e. The molecule has 2 aromatic heterocycles. The predicted molar refractivity (Wildman–Crippen MR) is 83.2 cm³/mol. The zero-order chi connectivity index (χ0) is 14.2. The number of benzene rings is 1. The molecule has 4 rings (SSSR count). The molecule has 0 spiro atoms. The summed E-state index contributed by atoms with van der Waals surface area (Å²) in [5.41, 5.74) is 4.90. The highest BCUT2D eigenvalue weighted by Crippen LogP contribution is 2.30. The summed E-state index contributed by atoms with van der Waals surface area (Å²) < 4.78 is 2.29. The first kappa shape index (κ1) is 12.5. The molecular formula is C17H18N4. The quantitative estimate of drug-likeness (QED) is 0.783. The maximum atomic E-state index is 4.84. The van der Waals surface area contributed by atoms with Crippen molar-refractivity contribution in [3.63, 3.8) is 0 Å². The van der Waals surface area contributed by atoms with Crippen molar-refractivity contribution in [1.29, 1.82) is 0 Å². The number of pyridine rings is 1. The summed E-state index contributed by atoms with van der Waals surface area (Å²) >= 11 is 0. The summed E-state index contributed by atoms with van der Waals surface area (Å²) in [7, 11) is 0. The average Bonchev–Trinajstić information content (AvgIpc) is 2.92. The zero-order valence-corrected chi connectivity index (χ0v) is 12.1. The molecule has 0 aliphatic carbocycles.